The number of aryl methyl sites for hydroxylation is 1. The summed E-state index contributed by atoms with van der Waals surface area (Å²) in [6.45, 7) is 3.15. The van der Waals surface area contributed by atoms with Crippen LogP contribution >= 0.6 is 12.4 Å². The third-order valence-corrected chi connectivity index (χ3v) is 5.45. The lowest BCUT2D eigenvalue weighted by Gasteiger charge is -2.23. The van der Waals surface area contributed by atoms with E-state index in [0.717, 1.165) is 43.5 Å². The van der Waals surface area contributed by atoms with Crippen molar-refractivity contribution in [2.75, 3.05) is 18.4 Å². The highest BCUT2D eigenvalue weighted by molar-refractivity contribution is 6.07. The van der Waals surface area contributed by atoms with E-state index >= 15 is 0 Å². The summed E-state index contributed by atoms with van der Waals surface area (Å²) >= 11 is 0. The number of halogens is 4. The number of amides is 1. The van der Waals surface area contributed by atoms with Crippen LogP contribution in [0, 0.1) is 6.92 Å². The third-order valence-electron chi connectivity index (χ3n) is 5.45. The van der Waals surface area contributed by atoms with Gasteiger partial charge < -0.3 is 10.2 Å². The summed E-state index contributed by atoms with van der Waals surface area (Å²) in [5.41, 5.74) is 1.43. The summed E-state index contributed by atoms with van der Waals surface area (Å²) in [6.07, 6.45) is 1.05. The first-order valence-corrected chi connectivity index (χ1v) is 10.3. The van der Waals surface area contributed by atoms with Crippen LogP contribution in [-0.4, -0.2) is 33.9 Å². The number of nitrogens with one attached hydrogen (secondary N) is 1. The van der Waals surface area contributed by atoms with Crippen LogP contribution in [0.3, 0.4) is 0 Å². The van der Waals surface area contributed by atoms with Gasteiger partial charge in [-0.15, -0.1) is 12.4 Å². The van der Waals surface area contributed by atoms with E-state index in [-0.39, 0.29) is 24.0 Å². The molecule has 1 fully saturated rings. The number of fused-ring (bicyclic) bond motifs is 1. The van der Waals surface area contributed by atoms with Crippen molar-refractivity contribution in [3.63, 3.8) is 0 Å². The first-order valence-electron chi connectivity index (χ1n) is 10.3. The Morgan fingerprint density at radius 3 is 2.47 bits per heavy atom. The molecule has 3 heterocycles. The first-order chi connectivity index (χ1) is 14.8. The molecule has 1 aliphatic heterocycles. The molecule has 5 nitrogen and oxygen atoms in total. The van der Waals surface area contributed by atoms with Gasteiger partial charge in [0.1, 0.15) is 0 Å². The molecular weight excluding hydrogens is 441 g/mol. The number of likely N-dealkylation sites (tertiary alicyclic amines) is 1. The minimum atomic E-state index is -4.46. The minimum absolute atomic E-state index is 0. The van der Waals surface area contributed by atoms with Crippen molar-refractivity contribution in [2.45, 2.75) is 38.8 Å². The molecule has 0 unspecified atom stereocenters. The van der Waals surface area contributed by atoms with E-state index < -0.39 is 11.7 Å². The van der Waals surface area contributed by atoms with Gasteiger partial charge in [0.15, 0.2) is 5.65 Å². The number of benzene rings is 1. The summed E-state index contributed by atoms with van der Waals surface area (Å²) < 4.78 is 39.6. The van der Waals surface area contributed by atoms with Crippen molar-refractivity contribution in [2.24, 2.45) is 0 Å². The van der Waals surface area contributed by atoms with E-state index in [1.165, 1.54) is 12.3 Å². The molecular formula is C23H24ClF3N4O. The smallest absolute Gasteiger partial charge is 0.354 e. The Labute approximate surface area is 190 Å². The number of pyridine rings is 2. The lowest BCUT2D eigenvalue weighted by atomic mass is 10.1. The monoisotopic (exact) mass is 464 g/mol. The highest BCUT2D eigenvalue weighted by Gasteiger charge is 2.30. The second-order valence-electron chi connectivity index (χ2n) is 7.78. The van der Waals surface area contributed by atoms with E-state index in [4.69, 9.17) is 0 Å². The second kappa shape index (κ2) is 9.73. The van der Waals surface area contributed by atoms with Gasteiger partial charge in [-0.2, -0.15) is 13.2 Å². The Bertz CT molecular complexity index is 1110. The molecule has 2 aromatic heterocycles. The molecule has 4 rings (SSSR count). The molecule has 9 heteroatoms. The van der Waals surface area contributed by atoms with Crippen LogP contribution in [0.15, 0.2) is 42.6 Å². The standard InChI is InChI=1S/C23H23F3N4O.ClH/c1-15-9-10-18-20(29-17-8-6-7-16(13-17)23(24,25)26)19(14-27-21(18)28-15)22(31)30-11-4-2-3-5-12-30;/h6-10,13-14H,2-5,11-12H2,1H3,(H,27,28,29);1H. The third kappa shape index (κ3) is 5.12. The van der Waals surface area contributed by atoms with E-state index in [0.29, 0.717) is 35.4 Å². The average molecular weight is 465 g/mol. The van der Waals surface area contributed by atoms with Gasteiger partial charge in [-0.25, -0.2) is 9.97 Å². The topological polar surface area (TPSA) is 58.1 Å². The molecule has 0 saturated carbocycles. The molecule has 1 saturated heterocycles. The predicted molar refractivity (Wildman–Crippen MR) is 121 cm³/mol. The van der Waals surface area contributed by atoms with E-state index in [1.54, 1.807) is 23.1 Å². The minimum Gasteiger partial charge on any atom is -0.354 e. The van der Waals surface area contributed by atoms with E-state index in [2.05, 4.69) is 15.3 Å². The van der Waals surface area contributed by atoms with Crippen molar-refractivity contribution in [3.05, 3.63) is 59.4 Å². The maximum Gasteiger partial charge on any atom is 0.416 e. The Balaban J connectivity index is 0.00000289. The maximum atomic E-state index is 13.3. The van der Waals surface area contributed by atoms with Gasteiger partial charge in [-0.05, 0) is 50.1 Å². The number of carbonyl (C=O) groups excluding carboxylic acids is 1. The van der Waals surface area contributed by atoms with Crippen LogP contribution in [0.25, 0.3) is 11.0 Å². The van der Waals surface area contributed by atoms with Crippen molar-refractivity contribution in [1.82, 2.24) is 14.9 Å². The van der Waals surface area contributed by atoms with Gasteiger partial charge >= 0.3 is 6.18 Å². The first kappa shape index (κ1) is 23.8. The predicted octanol–water partition coefficient (Wildman–Crippen LogP) is 6.14. The van der Waals surface area contributed by atoms with Crippen LogP contribution in [0.2, 0.25) is 0 Å². The van der Waals surface area contributed by atoms with Gasteiger partial charge in [0, 0.05) is 36.1 Å². The molecule has 32 heavy (non-hydrogen) atoms. The van der Waals surface area contributed by atoms with E-state index in [9.17, 15) is 18.0 Å². The molecule has 1 N–H and O–H groups in total. The average Bonchev–Trinajstić information content (AvgIpc) is 3.02. The van der Waals surface area contributed by atoms with E-state index in [1.807, 2.05) is 6.92 Å². The normalized spacial score (nSPS) is 14.6. The summed E-state index contributed by atoms with van der Waals surface area (Å²) in [6, 6.07) is 8.52. The maximum absolute atomic E-state index is 13.3. The number of anilines is 2. The lowest BCUT2D eigenvalue weighted by molar-refractivity contribution is -0.137. The number of aromatic nitrogens is 2. The van der Waals surface area contributed by atoms with Gasteiger partial charge in [0.05, 0.1) is 16.8 Å². The molecule has 0 atom stereocenters. The largest absolute Gasteiger partial charge is 0.416 e. The molecule has 0 aliphatic carbocycles. The molecule has 0 bridgehead atoms. The Morgan fingerprint density at radius 2 is 1.78 bits per heavy atom. The van der Waals surface area contributed by atoms with Crippen LogP contribution in [0.4, 0.5) is 24.5 Å². The number of hydrogen-bond acceptors (Lipinski definition) is 4. The number of rotatable bonds is 3. The van der Waals surface area contributed by atoms with Crippen LogP contribution in [-0.2, 0) is 6.18 Å². The van der Waals surface area contributed by atoms with Crippen molar-refractivity contribution in [1.29, 1.82) is 0 Å². The quantitative estimate of drug-likeness (QED) is 0.506. The van der Waals surface area contributed by atoms with Gasteiger partial charge in [-0.1, -0.05) is 18.9 Å². The number of alkyl halides is 3. The van der Waals surface area contributed by atoms with Gasteiger partial charge in [-0.3, -0.25) is 4.79 Å². The number of nitrogens with zero attached hydrogens (tertiary/aromatic N) is 3. The molecule has 1 amide bonds. The zero-order chi connectivity index (χ0) is 22.0. The SMILES string of the molecule is Cc1ccc2c(Nc3cccc(C(F)(F)F)c3)c(C(=O)N3CCCCCC3)cnc2n1.Cl. The molecule has 1 aliphatic rings. The lowest BCUT2D eigenvalue weighted by Crippen LogP contribution is -2.32. The fourth-order valence-electron chi connectivity index (χ4n) is 3.83. The van der Waals surface area contributed by atoms with Crippen LogP contribution in [0.5, 0.6) is 0 Å². The fraction of sp³-hybridized carbons (Fsp3) is 0.348. The molecule has 0 radical (unpaired) electrons. The summed E-state index contributed by atoms with van der Waals surface area (Å²) in [5, 5.41) is 3.64. The van der Waals surface area contributed by atoms with Crippen LogP contribution in [0.1, 0.15) is 47.3 Å². The Kier molecular flexibility index (Phi) is 7.23. The Morgan fingerprint density at radius 1 is 1.06 bits per heavy atom. The van der Waals surface area contributed by atoms with Crippen molar-refractivity contribution >= 4 is 40.7 Å². The zero-order valence-corrected chi connectivity index (χ0v) is 18.4. The summed E-state index contributed by atoms with van der Waals surface area (Å²) in [5.74, 6) is -0.175. The number of hydrogen-bond donors (Lipinski definition) is 1. The zero-order valence-electron chi connectivity index (χ0n) is 17.6. The molecule has 3 aromatic rings. The second-order valence-corrected chi connectivity index (χ2v) is 7.78. The van der Waals surface area contributed by atoms with Crippen LogP contribution < -0.4 is 5.32 Å². The molecule has 1 aromatic carbocycles. The summed E-state index contributed by atoms with van der Waals surface area (Å²) in [7, 11) is 0. The highest BCUT2D eigenvalue weighted by Crippen LogP contribution is 2.34. The summed E-state index contributed by atoms with van der Waals surface area (Å²) in [4.78, 5) is 23.9. The van der Waals surface area contributed by atoms with Gasteiger partial charge in [0.25, 0.3) is 5.91 Å². The highest BCUT2D eigenvalue weighted by atomic mass is 35.5. The van der Waals surface area contributed by atoms with Crippen molar-refractivity contribution < 1.29 is 18.0 Å². The number of carbonyl (C=O) groups is 1. The fourth-order valence-corrected chi connectivity index (χ4v) is 3.83. The molecule has 0 spiro atoms. The van der Waals surface area contributed by atoms with Gasteiger partial charge in [0.2, 0.25) is 0 Å². The Hall–Kier alpha value is -2.87. The van der Waals surface area contributed by atoms with Crippen molar-refractivity contribution in [3.8, 4) is 0 Å². The molecule has 170 valence electrons.